The van der Waals surface area contributed by atoms with Crippen molar-refractivity contribution in [2.45, 2.75) is 58.8 Å². The molecule has 1 aliphatic heterocycles. The first-order valence-electron chi connectivity index (χ1n) is 10.5. The average molecular weight is 442 g/mol. The van der Waals surface area contributed by atoms with E-state index in [1.807, 2.05) is 0 Å². The molecule has 1 aromatic carbocycles. The van der Waals surface area contributed by atoms with Crippen LogP contribution in [0.25, 0.3) is 22.2 Å². The molecule has 2 aromatic heterocycles. The average Bonchev–Trinajstić information content (AvgIpc) is 3.23. The van der Waals surface area contributed by atoms with Crippen molar-refractivity contribution in [3.63, 3.8) is 0 Å². The number of nitrogen functional groups attached to an aromatic ring is 1. The van der Waals surface area contributed by atoms with E-state index in [4.69, 9.17) is 10.5 Å². The first kappa shape index (κ1) is 22.0. The number of halogens is 1. The van der Waals surface area contributed by atoms with Crippen molar-refractivity contribution in [2.24, 2.45) is 0 Å². The van der Waals surface area contributed by atoms with Crippen LogP contribution in [0.4, 0.5) is 20.7 Å². The Morgan fingerprint density at radius 3 is 2.59 bits per heavy atom. The summed E-state index contributed by atoms with van der Waals surface area (Å²) in [5.41, 5.74) is 6.85. The minimum atomic E-state index is -1.01. The first-order valence-corrected chi connectivity index (χ1v) is 10.5. The van der Waals surface area contributed by atoms with E-state index < -0.39 is 23.1 Å². The van der Waals surface area contributed by atoms with Gasteiger partial charge in [-0.25, -0.2) is 19.2 Å². The molecule has 3 N–H and O–H groups in total. The second-order valence-corrected chi connectivity index (χ2v) is 9.75. The number of nitrogens with zero attached hydrogens (tertiary/aromatic N) is 4. The molecule has 0 aliphatic carbocycles. The largest absolute Gasteiger partial charge is 0.443 e. The molecule has 3 aromatic rings. The highest BCUT2D eigenvalue weighted by Crippen LogP contribution is 2.40. The Labute approximate surface area is 185 Å². The zero-order valence-electron chi connectivity index (χ0n) is 18.9. The molecular weight excluding hydrogens is 413 g/mol. The van der Waals surface area contributed by atoms with Gasteiger partial charge < -0.3 is 20.1 Å². The Balaban J connectivity index is 1.81. The van der Waals surface area contributed by atoms with Crippen LogP contribution in [0.3, 0.4) is 0 Å². The van der Waals surface area contributed by atoms with Crippen molar-refractivity contribution in [3.8, 4) is 11.1 Å². The zero-order chi connectivity index (χ0) is 23.4. The summed E-state index contributed by atoms with van der Waals surface area (Å²) in [6.45, 7) is 9.34. The molecular formula is C23H28FN5O3. The molecule has 0 bridgehead atoms. The van der Waals surface area contributed by atoms with Gasteiger partial charge in [0.25, 0.3) is 0 Å². The Kier molecular flexibility index (Phi) is 5.12. The number of carbonyl (C=O) groups excluding carboxylic acids is 1. The number of benzene rings is 1. The van der Waals surface area contributed by atoms with E-state index in [0.29, 0.717) is 46.4 Å². The number of aliphatic hydroxyl groups is 1. The molecule has 0 saturated carbocycles. The van der Waals surface area contributed by atoms with Gasteiger partial charge in [0.15, 0.2) is 0 Å². The fourth-order valence-corrected chi connectivity index (χ4v) is 4.05. The molecule has 1 amide bonds. The molecule has 9 heteroatoms. The van der Waals surface area contributed by atoms with Crippen molar-refractivity contribution in [3.05, 3.63) is 36.0 Å². The van der Waals surface area contributed by atoms with Crippen LogP contribution < -0.4 is 10.6 Å². The highest BCUT2D eigenvalue weighted by Gasteiger charge is 2.32. The van der Waals surface area contributed by atoms with Gasteiger partial charge in [0.05, 0.1) is 23.2 Å². The molecule has 0 unspecified atom stereocenters. The summed E-state index contributed by atoms with van der Waals surface area (Å²) in [5.74, 6) is -0.186. The molecule has 8 nitrogen and oxygen atoms in total. The van der Waals surface area contributed by atoms with Crippen molar-refractivity contribution in [2.75, 3.05) is 17.2 Å². The number of anilines is 2. The van der Waals surface area contributed by atoms with E-state index >= 15 is 4.39 Å². The predicted octanol–water partition coefficient (Wildman–Crippen LogP) is 3.89. The van der Waals surface area contributed by atoms with Crippen LogP contribution in [0.1, 0.15) is 40.2 Å². The summed E-state index contributed by atoms with van der Waals surface area (Å²) in [6.07, 6.45) is 2.96. The molecule has 170 valence electrons. The molecule has 0 fully saturated rings. The lowest BCUT2D eigenvalue weighted by molar-refractivity contribution is 0.0582. The second kappa shape index (κ2) is 7.44. The molecule has 0 spiro atoms. The molecule has 0 atom stereocenters. The van der Waals surface area contributed by atoms with Crippen LogP contribution in [0, 0.1) is 5.82 Å². The van der Waals surface area contributed by atoms with E-state index in [1.165, 1.54) is 11.2 Å². The van der Waals surface area contributed by atoms with Crippen molar-refractivity contribution in [1.82, 2.24) is 14.5 Å². The number of amides is 1. The lowest BCUT2D eigenvalue weighted by Gasteiger charge is -2.24. The zero-order valence-corrected chi connectivity index (χ0v) is 18.9. The van der Waals surface area contributed by atoms with E-state index in [1.54, 1.807) is 57.5 Å². The smallest absolute Gasteiger partial charge is 0.414 e. The Bertz CT molecular complexity index is 1210. The van der Waals surface area contributed by atoms with E-state index in [2.05, 4.69) is 9.97 Å². The monoisotopic (exact) mass is 441 g/mol. The maximum absolute atomic E-state index is 15.7. The van der Waals surface area contributed by atoms with Gasteiger partial charge in [-0.15, -0.1) is 0 Å². The SMILES string of the molecule is CC(C)(O)Cn1cc(-c2ccc3c(c2F)CCN3C(=O)OC(C)(C)C)c2c(N)ncnc21. The highest BCUT2D eigenvalue weighted by molar-refractivity contribution is 6.01. The van der Waals surface area contributed by atoms with Crippen LogP contribution in [0.5, 0.6) is 0 Å². The second-order valence-electron chi connectivity index (χ2n) is 9.75. The third-order valence-corrected chi connectivity index (χ3v) is 5.24. The molecule has 4 rings (SSSR count). The minimum absolute atomic E-state index is 0.231. The molecule has 0 radical (unpaired) electrons. The van der Waals surface area contributed by atoms with Gasteiger partial charge in [-0.3, -0.25) is 4.90 Å². The van der Waals surface area contributed by atoms with Gasteiger partial charge in [-0.1, -0.05) is 0 Å². The van der Waals surface area contributed by atoms with E-state index in [0.717, 1.165) is 0 Å². The van der Waals surface area contributed by atoms with E-state index in [9.17, 15) is 9.90 Å². The maximum atomic E-state index is 15.7. The number of ether oxygens (including phenoxy) is 1. The van der Waals surface area contributed by atoms with Crippen LogP contribution in [0.15, 0.2) is 24.7 Å². The Morgan fingerprint density at radius 1 is 1.22 bits per heavy atom. The van der Waals surface area contributed by atoms with Gasteiger partial charge in [0.1, 0.15) is 29.2 Å². The lowest BCUT2D eigenvalue weighted by Crippen LogP contribution is -2.35. The van der Waals surface area contributed by atoms with Crippen LogP contribution in [-0.4, -0.2) is 43.5 Å². The summed E-state index contributed by atoms with van der Waals surface area (Å²) in [7, 11) is 0. The summed E-state index contributed by atoms with van der Waals surface area (Å²) in [6, 6.07) is 3.36. The third-order valence-electron chi connectivity index (χ3n) is 5.24. The Morgan fingerprint density at radius 2 is 1.94 bits per heavy atom. The quantitative estimate of drug-likeness (QED) is 0.639. The Hall–Kier alpha value is -3.20. The third kappa shape index (κ3) is 4.00. The normalized spacial score (nSPS) is 14.2. The number of aromatic nitrogens is 3. The fourth-order valence-electron chi connectivity index (χ4n) is 4.05. The molecule has 0 saturated heterocycles. The number of hydrogen-bond acceptors (Lipinski definition) is 6. The number of nitrogens with two attached hydrogens (primary N) is 1. The number of fused-ring (bicyclic) bond motifs is 2. The fraction of sp³-hybridized carbons (Fsp3) is 0.435. The van der Waals surface area contributed by atoms with Crippen LogP contribution >= 0.6 is 0 Å². The summed E-state index contributed by atoms with van der Waals surface area (Å²) >= 11 is 0. The summed E-state index contributed by atoms with van der Waals surface area (Å²) in [5, 5.41) is 10.8. The van der Waals surface area contributed by atoms with Crippen LogP contribution in [-0.2, 0) is 17.7 Å². The van der Waals surface area contributed by atoms with Crippen molar-refractivity contribution >= 4 is 28.6 Å². The molecule has 32 heavy (non-hydrogen) atoms. The summed E-state index contributed by atoms with van der Waals surface area (Å²) < 4.78 is 22.9. The van der Waals surface area contributed by atoms with Gasteiger partial charge >= 0.3 is 6.09 Å². The van der Waals surface area contributed by atoms with E-state index in [-0.39, 0.29) is 12.4 Å². The van der Waals surface area contributed by atoms with Crippen molar-refractivity contribution in [1.29, 1.82) is 0 Å². The van der Waals surface area contributed by atoms with Gasteiger partial charge in [-0.05, 0) is 53.2 Å². The molecule has 3 heterocycles. The van der Waals surface area contributed by atoms with Gasteiger partial charge in [0, 0.05) is 29.4 Å². The van der Waals surface area contributed by atoms with Crippen LogP contribution in [0.2, 0.25) is 0 Å². The highest BCUT2D eigenvalue weighted by atomic mass is 19.1. The predicted molar refractivity (Wildman–Crippen MR) is 121 cm³/mol. The standard InChI is InChI=1S/C23H28FN5O3/c1-22(2,3)32-21(30)29-9-8-14-16(29)7-6-13(18(14)24)15-10-28(11-23(4,5)31)20-17(15)19(25)26-12-27-20/h6-7,10,12,31H,8-9,11H2,1-5H3,(H2,25,26,27). The van der Waals surface area contributed by atoms with Gasteiger partial charge in [-0.2, -0.15) is 0 Å². The maximum Gasteiger partial charge on any atom is 0.414 e. The van der Waals surface area contributed by atoms with Crippen molar-refractivity contribution < 1.29 is 19.0 Å². The number of carbonyl (C=O) groups is 1. The topological polar surface area (TPSA) is 106 Å². The number of rotatable bonds is 3. The minimum Gasteiger partial charge on any atom is -0.443 e. The summed E-state index contributed by atoms with van der Waals surface area (Å²) in [4.78, 5) is 22.4. The first-order chi connectivity index (χ1) is 14.9. The number of hydrogen-bond donors (Lipinski definition) is 2. The molecule has 1 aliphatic rings. The lowest BCUT2D eigenvalue weighted by atomic mass is 10.0. The van der Waals surface area contributed by atoms with Gasteiger partial charge in [0.2, 0.25) is 0 Å².